The van der Waals surface area contributed by atoms with E-state index in [9.17, 15) is 4.79 Å². The Bertz CT molecular complexity index is 596. The number of benzene rings is 1. The van der Waals surface area contributed by atoms with Crippen molar-refractivity contribution in [2.45, 2.75) is 25.3 Å². The van der Waals surface area contributed by atoms with Gasteiger partial charge in [-0.2, -0.15) is 0 Å². The smallest absolute Gasteiger partial charge is 0.319 e. The Morgan fingerprint density at radius 1 is 1.24 bits per heavy atom. The maximum Gasteiger partial charge on any atom is 0.319 e. The largest absolute Gasteiger partial charge is 0.454 e. The number of amides is 2. The third-order valence-electron chi connectivity index (χ3n) is 5.22. The molecule has 3 aliphatic rings. The van der Waals surface area contributed by atoms with Crippen molar-refractivity contribution in [2.75, 3.05) is 45.0 Å². The Balaban J connectivity index is 1.33. The van der Waals surface area contributed by atoms with Crippen molar-refractivity contribution in [1.29, 1.82) is 0 Å². The van der Waals surface area contributed by atoms with Crippen LogP contribution in [-0.4, -0.2) is 56.6 Å². The number of anilines is 1. The number of carbonyl (C=O) groups excluding carboxylic acids is 1. The molecule has 7 heteroatoms. The van der Waals surface area contributed by atoms with Gasteiger partial charge in [0.25, 0.3) is 0 Å². The highest BCUT2D eigenvalue weighted by Gasteiger charge is 2.32. The molecule has 0 radical (unpaired) electrons. The minimum absolute atomic E-state index is 0.193. The molecule has 1 aromatic carbocycles. The molecule has 136 valence electrons. The van der Waals surface area contributed by atoms with Crippen LogP contribution in [0.2, 0.25) is 0 Å². The van der Waals surface area contributed by atoms with Crippen LogP contribution in [0.15, 0.2) is 18.2 Å². The molecule has 2 N–H and O–H groups in total. The lowest BCUT2D eigenvalue weighted by atomic mass is 9.97. The number of likely N-dealkylation sites (tertiary alicyclic amines) is 1. The van der Waals surface area contributed by atoms with Gasteiger partial charge in [-0.15, -0.1) is 0 Å². The van der Waals surface area contributed by atoms with Crippen LogP contribution in [0.1, 0.15) is 19.3 Å². The zero-order valence-corrected chi connectivity index (χ0v) is 14.3. The first-order valence-electron chi connectivity index (χ1n) is 9.06. The molecular formula is C18H25N3O4. The number of fused-ring (bicyclic) bond motifs is 1. The van der Waals surface area contributed by atoms with Crippen LogP contribution < -0.4 is 20.1 Å². The van der Waals surface area contributed by atoms with Gasteiger partial charge in [0.05, 0.1) is 6.61 Å². The Morgan fingerprint density at radius 2 is 2.08 bits per heavy atom. The molecule has 0 spiro atoms. The number of urea groups is 1. The molecule has 2 amide bonds. The van der Waals surface area contributed by atoms with E-state index < -0.39 is 0 Å². The van der Waals surface area contributed by atoms with Crippen molar-refractivity contribution < 1.29 is 19.0 Å². The molecule has 3 heterocycles. The number of carbonyl (C=O) groups is 1. The van der Waals surface area contributed by atoms with E-state index in [2.05, 4.69) is 15.5 Å². The fraction of sp³-hybridized carbons (Fsp3) is 0.611. The number of hydrogen-bond donors (Lipinski definition) is 2. The second kappa shape index (κ2) is 7.49. The van der Waals surface area contributed by atoms with Crippen LogP contribution in [0.25, 0.3) is 0 Å². The highest BCUT2D eigenvalue weighted by molar-refractivity contribution is 5.89. The predicted octanol–water partition coefficient (Wildman–Crippen LogP) is 2.04. The minimum Gasteiger partial charge on any atom is -0.454 e. The van der Waals surface area contributed by atoms with Crippen molar-refractivity contribution in [3.05, 3.63) is 18.2 Å². The monoisotopic (exact) mass is 347 g/mol. The van der Waals surface area contributed by atoms with Gasteiger partial charge in [-0.05, 0) is 44.5 Å². The first kappa shape index (κ1) is 16.5. The summed E-state index contributed by atoms with van der Waals surface area (Å²) in [6, 6.07) is 5.57. The Labute approximate surface area is 147 Å². The van der Waals surface area contributed by atoms with E-state index in [0.29, 0.717) is 35.7 Å². The molecule has 3 aliphatic heterocycles. The number of ether oxygens (including phenoxy) is 3. The Morgan fingerprint density at radius 3 is 2.88 bits per heavy atom. The molecule has 0 bridgehead atoms. The average Bonchev–Trinajstić information content (AvgIpc) is 3.37. The summed E-state index contributed by atoms with van der Waals surface area (Å²) in [4.78, 5) is 14.8. The molecular weight excluding hydrogens is 322 g/mol. The van der Waals surface area contributed by atoms with Gasteiger partial charge < -0.3 is 24.8 Å². The molecule has 2 saturated heterocycles. The first-order valence-corrected chi connectivity index (χ1v) is 9.06. The normalized spacial score (nSPS) is 23.6. The summed E-state index contributed by atoms with van der Waals surface area (Å²) in [5.74, 6) is 1.88. The zero-order chi connectivity index (χ0) is 17.1. The summed E-state index contributed by atoms with van der Waals surface area (Å²) in [5, 5.41) is 5.91. The van der Waals surface area contributed by atoms with Gasteiger partial charge >= 0.3 is 6.03 Å². The molecule has 0 unspecified atom stereocenters. The molecule has 0 saturated carbocycles. The lowest BCUT2D eigenvalue weighted by Crippen LogP contribution is -2.48. The van der Waals surface area contributed by atoms with Gasteiger partial charge in [0, 0.05) is 36.9 Å². The van der Waals surface area contributed by atoms with Crippen LogP contribution in [0.3, 0.4) is 0 Å². The summed E-state index contributed by atoms with van der Waals surface area (Å²) in [6.45, 7) is 4.74. The van der Waals surface area contributed by atoms with Crippen LogP contribution in [-0.2, 0) is 4.74 Å². The van der Waals surface area contributed by atoms with E-state index in [1.807, 2.05) is 6.07 Å². The van der Waals surface area contributed by atoms with Gasteiger partial charge in [-0.1, -0.05) is 0 Å². The second-order valence-corrected chi connectivity index (χ2v) is 6.84. The molecule has 7 nitrogen and oxygen atoms in total. The Hall–Kier alpha value is -1.99. The molecule has 4 rings (SSSR count). The molecule has 2 fully saturated rings. The average molecular weight is 347 g/mol. The maximum absolute atomic E-state index is 12.3. The lowest BCUT2D eigenvalue weighted by Gasteiger charge is -2.31. The van der Waals surface area contributed by atoms with Gasteiger partial charge in [-0.3, -0.25) is 4.90 Å². The lowest BCUT2D eigenvalue weighted by molar-refractivity contribution is 0.135. The Kier molecular flexibility index (Phi) is 4.94. The van der Waals surface area contributed by atoms with E-state index in [-0.39, 0.29) is 12.8 Å². The highest BCUT2D eigenvalue weighted by atomic mass is 16.7. The summed E-state index contributed by atoms with van der Waals surface area (Å²) < 4.78 is 16.2. The van der Waals surface area contributed by atoms with Gasteiger partial charge in [0.1, 0.15) is 0 Å². The van der Waals surface area contributed by atoms with Crippen molar-refractivity contribution in [3.63, 3.8) is 0 Å². The van der Waals surface area contributed by atoms with Crippen molar-refractivity contribution in [2.24, 2.45) is 5.92 Å². The quantitative estimate of drug-likeness (QED) is 0.853. The van der Waals surface area contributed by atoms with Crippen LogP contribution in [0.5, 0.6) is 11.5 Å². The third kappa shape index (κ3) is 3.82. The van der Waals surface area contributed by atoms with Crippen molar-refractivity contribution in [3.8, 4) is 11.5 Å². The van der Waals surface area contributed by atoms with Gasteiger partial charge in [-0.25, -0.2) is 4.79 Å². The van der Waals surface area contributed by atoms with Crippen LogP contribution in [0, 0.1) is 5.92 Å². The zero-order valence-electron chi connectivity index (χ0n) is 14.3. The van der Waals surface area contributed by atoms with Crippen LogP contribution in [0.4, 0.5) is 10.5 Å². The maximum atomic E-state index is 12.3. The summed E-state index contributed by atoms with van der Waals surface area (Å²) in [7, 11) is 0. The van der Waals surface area contributed by atoms with E-state index in [1.54, 1.807) is 12.1 Å². The number of rotatable bonds is 5. The predicted molar refractivity (Wildman–Crippen MR) is 93.1 cm³/mol. The van der Waals surface area contributed by atoms with E-state index in [0.717, 1.165) is 32.7 Å². The van der Waals surface area contributed by atoms with Crippen molar-refractivity contribution >= 4 is 11.7 Å². The molecule has 0 aromatic heterocycles. The van der Waals surface area contributed by atoms with E-state index in [1.165, 1.54) is 12.8 Å². The highest BCUT2D eigenvalue weighted by Crippen LogP contribution is 2.34. The summed E-state index contributed by atoms with van der Waals surface area (Å²) in [5.41, 5.74) is 0.698. The van der Waals surface area contributed by atoms with Gasteiger partial charge in [0.2, 0.25) is 6.79 Å². The van der Waals surface area contributed by atoms with Crippen molar-refractivity contribution in [1.82, 2.24) is 10.2 Å². The fourth-order valence-electron chi connectivity index (χ4n) is 3.87. The molecule has 2 atom stereocenters. The summed E-state index contributed by atoms with van der Waals surface area (Å²) >= 11 is 0. The van der Waals surface area contributed by atoms with Crippen LogP contribution >= 0.6 is 0 Å². The molecule has 25 heavy (non-hydrogen) atoms. The van der Waals surface area contributed by atoms with E-state index in [4.69, 9.17) is 14.2 Å². The standard InChI is InChI=1S/C18H25N3O4/c22-18(20-14-3-4-16-17(9-14)25-12-24-16)19-10-15(13-5-8-23-11-13)21-6-1-2-7-21/h3-4,9,13,15H,1-2,5-8,10-12H2,(H2,19,20,22)/t13-,15+/m0/s1. The first-order chi connectivity index (χ1) is 12.3. The summed E-state index contributed by atoms with van der Waals surface area (Å²) in [6.07, 6.45) is 3.56. The fourth-order valence-corrected chi connectivity index (χ4v) is 3.87. The number of nitrogens with one attached hydrogen (secondary N) is 2. The SMILES string of the molecule is O=C(NC[C@H]([C@H]1CCOC1)N1CCCC1)Nc1ccc2c(c1)OCO2. The number of nitrogens with zero attached hydrogens (tertiary/aromatic N) is 1. The molecule has 1 aromatic rings. The number of hydrogen-bond acceptors (Lipinski definition) is 5. The molecule has 0 aliphatic carbocycles. The van der Waals surface area contributed by atoms with E-state index >= 15 is 0 Å². The topological polar surface area (TPSA) is 72.1 Å². The van der Waals surface area contributed by atoms with Gasteiger partial charge in [0.15, 0.2) is 11.5 Å². The third-order valence-corrected chi connectivity index (χ3v) is 5.22. The second-order valence-electron chi connectivity index (χ2n) is 6.84. The minimum atomic E-state index is -0.193.